The van der Waals surface area contributed by atoms with Gasteiger partial charge in [0.15, 0.2) is 5.69 Å². The predicted molar refractivity (Wildman–Crippen MR) is 92.3 cm³/mol. The number of rotatable bonds is 4. The lowest BCUT2D eigenvalue weighted by atomic mass is 10.0. The molecule has 1 fully saturated rings. The van der Waals surface area contributed by atoms with Crippen molar-refractivity contribution in [2.24, 2.45) is 0 Å². The molecular formula is C16H24BrF3N4O. The fraction of sp³-hybridized carbons (Fsp3) is 0.750. The number of likely N-dealkylation sites (tertiary alicyclic amines) is 1. The SMILES string of the molecule is Cc1c(Br)c(C(F)(F)F)nn1[C@H](C)C(=O)NC1CCN(C(C)C)CC1. The number of alkyl halides is 3. The number of amides is 1. The van der Waals surface area contributed by atoms with Crippen LogP contribution in [0.5, 0.6) is 0 Å². The van der Waals surface area contributed by atoms with Gasteiger partial charge in [-0.25, -0.2) is 0 Å². The van der Waals surface area contributed by atoms with Crippen LogP contribution in [0.15, 0.2) is 4.47 Å². The summed E-state index contributed by atoms with van der Waals surface area (Å²) in [5.74, 6) is -0.310. The van der Waals surface area contributed by atoms with Crippen molar-refractivity contribution in [3.63, 3.8) is 0 Å². The molecule has 142 valence electrons. The van der Waals surface area contributed by atoms with Crippen molar-refractivity contribution >= 4 is 21.8 Å². The number of aromatic nitrogens is 2. The number of halogens is 4. The van der Waals surface area contributed by atoms with Gasteiger partial charge in [0.05, 0.1) is 10.2 Å². The van der Waals surface area contributed by atoms with Gasteiger partial charge in [0.25, 0.3) is 0 Å². The van der Waals surface area contributed by atoms with E-state index in [1.165, 1.54) is 6.92 Å². The van der Waals surface area contributed by atoms with E-state index in [0.29, 0.717) is 6.04 Å². The lowest BCUT2D eigenvalue weighted by molar-refractivity contribution is -0.142. The van der Waals surface area contributed by atoms with Crippen LogP contribution < -0.4 is 5.32 Å². The number of nitrogens with zero attached hydrogens (tertiary/aromatic N) is 3. The normalized spacial score (nSPS) is 18.6. The second kappa shape index (κ2) is 7.65. The van der Waals surface area contributed by atoms with Gasteiger partial charge in [-0.05, 0) is 56.5 Å². The van der Waals surface area contributed by atoms with Crippen molar-refractivity contribution < 1.29 is 18.0 Å². The summed E-state index contributed by atoms with van der Waals surface area (Å²) in [5.41, 5.74) is -0.723. The fourth-order valence-corrected chi connectivity index (χ4v) is 3.54. The third-order valence-electron chi connectivity index (χ3n) is 4.70. The Labute approximate surface area is 154 Å². The van der Waals surface area contributed by atoms with Gasteiger partial charge in [-0.1, -0.05) is 0 Å². The van der Waals surface area contributed by atoms with Gasteiger partial charge < -0.3 is 10.2 Å². The molecule has 1 aliphatic rings. The highest BCUT2D eigenvalue weighted by Gasteiger charge is 2.39. The lowest BCUT2D eigenvalue weighted by Crippen LogP contribution is -2.48. The van der Waals surface area contributed by atoms with E-state index in [0.717, 1.165) is 30.6 Å². The second-order valence-electron chi connectivity index (χ2n) is 6.78. The standard InChI is InChI=1S/C16H24BrF3N4O/c1-9(2)23-7-5-12(6-8-23)21-15(25)11(4)24-10(3)13(17)14(22-24)16(18,19)20/h9,11-12H,5-8H2,1-4H3,(H,21,25)/t11-/m1/s1. The minimum Gasteiger partial charge on any atom is -0.351 e. The lowest BCUT2D eigenvalue weighted by Gasteiger charge is -2.35. The summed E-state index contributed by atoms with van der Waals surface area (Å²) < 4.78 is 39.9. The molecule has 0 aliphatic carbocycles. The highest BCUT2D eigenvalue weighted by Crippen LogP contribution is 2.36. The average molecular weight is 425 g/mol. The molecule has 2 heterocycles. The molecule has 1 aliphatic heterocycles. The van der Waals surface area contributed by atoms with Crippen molar-refractivity contribution in [3.05, 3.63) is 15.9 Å². The maximum atomic E-state index is 13.0. The van der Waals surface area contributed by atoms with Crippen molar-refractivity contribution in [2.75, 3.05) is 13.1 Å². The maximum Gasteiger partial charge on any atom is 0.436 e. The largest absolute Gasteiger partial charge is 0.436 e. The number of hydrogen-bond donors (Lipinski definition) is 1. The first-order chi connectivity index (χ1) is 11.5. The van der Waals surface area contributed by atoms with Crippen LogP contribution in [-0.2, 0) is 11.0 Å². The minimum absolute atomic E-state index is 0.0475. The van der Waals surface area contributed by atoms with Gasteiger partial charge in [0.2, 0.25) is 5.91 Å². The van der Waals surface area contributed by atoms with Crippen LogP contribution in [0.2, 0.25) is 0 Å². The average Bonchev–Trinajstić information content (AvgIpc) is 2.83. The third kappa shape index (κ3) is 4.55. The van der Waals surface area contributed by atoms with Crippen LogP contribution in [0.3, 0.4) is 0 Å². The summed E-state index contributed by atoms with van der Waals surface area (Å²) in [4.78, 5) is 14.8. The quantitative estimate of drug-likeness (QED) is 0.804. The van der Waals surface area contributed by atoms with Crippen LogP contribution >= 0.6 is 15.9 Å². The van der Waals surface area contributed by atoms with Gasteiger partial charge in [-0.3, -0.25) is 9.48 Å². The topological polar surface area (TPSA) is 50.2 Å². The van der Waals surface area contributed by atoms with Gasteiger partial charge in [0.1, 0.15) is 6.04 Å². The Morgan fingerprint density at radius 1 is 1.28 bits per heavy atom. The van der Waals surface area contributed by atoms with E-state index in [1.54, 1.807) is 6.92 Å². The van der Waals surface area contributed by atoms with E-state index in [-0.39, 0.29) is 22.1 Å². The zero-order chi connectivity index (χ0) is 18.9. The van der Waals surface area contributed by atoms with Gasteiger partial charge in [0, 0.05) is 25.2 Å². The zero-order valence-electron chi connectivity index (χ0n) is 14.8. The predicted octanol–water partition coefficient (Wildman–Crippen LogP) is 3.52. The van der Waals surface area contributed by atoms with Crippen LogP contribution in [0.4, 0.5) is 13.2 Å². The summed E-state index contributed by atoms with van der Waals surface area (Å²) in [7, 11) is 0. The summed E-state index contributed by atoms with van der Waals surface area (Å²) in [6, 6.07) is -0.290. The van der Waals surface area contributed by atoms with E-state index in [2.05, 4.69) is 45.1 Å². The molecule has 2 rings (SSSR count). The Balaban J connectivity index is 2.04. The molecule has 1 saturated heterocycles. The number of carbonyl (C=O) groups excluding carboxylic acids is 1. The van der Waals surface area contributed by atoms with Crippen molar-refractivity contribution in [1.82, 2.24) is 20.0 Å². The van der Waals surface area contributed by atoms with E-state index >= 15 is 0 Å². The molecule has 1 amide bonds. The summed E-state index contributed by atoms with van der Waals surface area (Å²) in [6.07, 6.45) is -2.88. The first-order valence-electron chi connectivity index (χ1n) is 8.38. The van der Waals surface area contributed by atoms with E-state index in [9.17, 15) is 18.0 Å². The first kappa shape index (κ1) is 20.2. The van der Waals surface area contributed by atoms with Crippen molar-refractivity contribution in [1.29, 1.82) is 0 Å². The molecule has 1 N–H and O–H groups in total. The Morgan fingerprint density at radius 3 is 2.28 bits per heavy atom. The van der Waals surface area contributed by atoms with Crippen molar-refractivity contribution in [2.45, 2.75) is 64.8 Å². The molecule has 0 saturated carbocycles. The Morgan fingerprint density at radius 2 is 1.84 bits per heavy atom. The Kier molecular flexibility index (Phi) is 6.19. The van der Waals surface area contributed by atoms with Gasteiger partial charge in [-0.2, -0.15) is 18.3 Å². The van der Waals surface area contributed by atoms with Gasteiger partial charge in [-0.15, -0.1) is 0 Å². The maximum absolute atomic E-state index is 13.0. The fourth-order valence-electron chi connectivity index (χ4n) is 3.05. The highest BCUT2D eigenvalue weighted by molar-refractivity contribution is 9.10. The van der Waals surface area contributed by atoms with Crippen LogP contribution in [-0.4, -0.2) is 45.8 Å². The van der Waals surface area contributed by atoms with Crippen LogP contribution in [0, 0.1) is 6.92 Å². The summed E-state index contributed by atoms with van der Waals surface area (Å²) >= 11 is 2.93. The molecule has 0 aromatic carbocycles. The monoisotopic (exact) mass is 424 g/mol. The molecule has 25 heavy (non-hydrogen) atoms. The Bertz CT molecular complexity index is 622. The van der Waals surface area contributed by atoms with Crippen LogP contribution in [0.1, 0.15) is 51.0 Å². The van der Waals surface area contributed by atoms with Crippen molar-refractivity contribution in [3.8, 4) is 0 Å². The molecule has 9 heteroatoms. The van der Waals surface area contributed by atoms with Crippen LogP contribution in [0.25, 0.3) is 0 Å². The van der Waals surface area contributed by atoms with E-state index < -0.39 is 17.9 Å². The number of carbonyl (C=O) groups is 1. The molecule has 1 aromatic heterocycles. The first-order valence-corrected chi connectivity index (χ1v) is 9.18. The molecule has 0 bridgehead atoms. The third-order valence-corrected chi connectivity index (χ3v) is 5.65. The smallest absolute Gasteiger partial charge is 0.351 e. The second-order valence-corrected chi connectivity index (χ2v) is 7.57. The summed E-state index contributed by atoms with van der Waals surface area (Å²) in [6.45, 7) is 9.15. The Hall–Kier alpha value is -1.09. The molecule has 5 nitrogen and oxygen atoms in total. The number of nitrogens with one attached hydrogen (secondary N) is 1. The zero-order valence-corrected chi connectivity index (χ0v) is 16.4. The molecule has 0 radical (unpaired) electrons. The molecule has 1 atom stereocenters. The number of piperidine rings is 1. The van der Waals surface area contributed by atoms with Gasteiger partial charge >= 0.3 is 6.18 Å². The highest BCUT2D eigenvalue weighted by atomic mass is 79.9. The van der Waals surface area contributed by atoms with E-state index in [1.807, 2.05) is 0 Å². The number of hydrogen-bond acceptors (Lipinski definition) is 3. The molecule has 0 spiro atoms. The summed E-state index contributed by atoms with van der Waals surface area (Å²) in [5, 5.41) is 6.55. The van der Waals surface area contributed by atoms with E-state index in [4.69, 9.17) is 0 Å². The molecular weight excluding hydrogens is 401 g/mol. The molecule has 1 aromatic rings. The minimum atomic E-state index is -4.56. The molecule has 0 unspecified atom stereocenters.